The number of carbonyl (C=O) groups excluding carboxylic acids is 1. The number of nitrogens with zero attached hydrogens (tertiary/aromatic N) is 4. The van der Waals surface area contributed by atoms with Crippen molar-refractivity contribution >= 4 is 17.2 Å². The maximum absolute atomic E-state index is 12.3. The van der Waals surface area contributed by atoms with Gasteiger partial charge in [0.2, 0.25) is 11.7 Å². The maximum atomic E-state index is 12.3. The molecule has 0 radical (unpaired) electrons. The molecule has 2 fully saturated rings. The van der Waals surface area contributed by atoms with Crippen LogP contribution in [0.2, 0.25) is 0 Å². The van der Waals surface area contributed by atoms with Gasteiger partial charge in [0.1, 0.15) is 5.60 Å². The third kappa shape index (κ3) is 3.90. The van der Waals surface area contributed by atoms with E-state index in [1.807, 2.05) is 32.9 Å². The molecule has 0 unspecified atom stereocenters. The zero-order chi connectivity index (χ0) is 22.5. The minimum atomic E-state index is -0.512. The van der Waals surface area contributed by atoms with Gasteiger partial charge in [-0.1, -0.05) is 5.16 Å². The van der Waals surface area contributed by atoms with Crippen LogP contribution in [0.3, 0.4) is 0 Å². The summed E-state index contributed by atoms with van der Waals surface area (Å²) in [6.45, 7) is 7.72. The van der Waals surface area contributed by atoms with E-state index in [0.717, 1.165) is 18.4 Å². The van der Waals surface area contributed by atoms with Crippen LogP contribution in [0, 0.1) is 0 Å². The average molecular weight is 442 g/mol. The molecule has 0 aliphatic carbocycles. The summed E-state index contributed by atoms with van der Waals surface area (Å²) in [5.41, 5.74) is 1.44. The van der Waals surface area contributed by atoms with Gasteiger partial charge in [-0.25, -0.2) is 9.59 Å². The maximum Gasteiger partial charge on any atom is 0.420 e. The number of oxazole rings is 1. The summed E-state index contributed by atoms with van der Waals surface area (Å²) in [7, 11) is 0. The lowest BCUT2D eigenvalue weighted by Gasteiger charge is -2.32. The van der Waals surface area contributed by atoms with Crippen molar-refractivity contribution in [3.63, 3.8) is 0 Å². The normalized spacial score (nSPS) is 18.2. The number of likely N-dealkylation sites (tertiary alicyclic amines) is 1. The molecule has 2 aliphatic heterocycles. The molecule has 0 spiro atoms. The van der Waals surface area contributed by atoms with Gasteiger partial charge in [-0.15, -0.1) is 0 Å². The molecule has 1 amide bonds. The molecule has 5 rings (SSSR count). The van der Waals surface area contributed by atoms with Crippen molar-refractivity contribution in [2.75, 3.05) is 26.3 Å². The highest BCUT2D eigenvalue weighted by Crippen LogP contribution is 2.31. The molecule has 3 aromatic rings. The first-order chi connectivity index (χ1) is 15.3. The molecule has 0 atom stereocenters. The van der Waals surface area contributed by atoms with Gasteiger partial charge in [0.05, 0.1) is 24.8 Å². The van der Waals surface area contributed by atoms with E-state index in [4.69, 9.17) is 18.4 Å². The zero-order valence-electron chi connectivity index (χ0n) is 18.4. The van der Waals surface area contributed by atoms with Crippen molar-refractivity contribution in [3.05, 3.63) is 34.6 Å². The summed E-state index contributed by atoms with van der Waals surface area (Å²) >= 11 is 0. The summed E-state index contributed by atoms with van der Waals surface area (Å²) < 4.78 is 23.2. The van der Waals surface area contributed by atoms with Crippen LogP contribution in [-0.4, -0.2) is 57.6 Å². The fourth-order valence-electron chi connectivity index (χ4n) is 4.04. The molecule has 10 nitrogen and oxygen atoms in total. The third-order valence-corrected chi connectivity index (χ3v) is 5.79. The molecule has 2 aromatic heterocycles. The average Bonchev–Trinajstić information content (AvgIpc) is 3.31. The van der Waals surface area contributed by atoms with Gasteiger partial charge in [0, 0.05) is 24.6 Å². The fraction of sp³-hybridized carbons (Fsp3) is 0.545. The molecule has 1 aromatic carbocycles. The predicted molar refractivity (Wildman–Crippen MR) is 113 cm³/mol. The van der Waals surface area contributed by atoms with Crippen LogP contribution in [0.4, 0.5) is 4.79 Å². The molecule has 10 heteroatoms. The second kappa shape index (κ2) is 7.77. The van der Waals surface area contributed by atoms with Gasteiger partial charge >= 0.3 is 11.8 Å². The van der Waals surface area contributed by atoms with Gasteiger partial charge < -0.3 is 23.3 Å². The van der Waals surface area contributed by atoms with Crippen LogP contribution < -0.4 is 5.76 Å². The van der Waals surface area contributed by atoms with Crippen LogP contribution in [0.15, 0.2) is 31.9 Å². The van der Waals surface area contributed by atoms with Crippen LogP contribution in [0.25, 0.3) is 22.5 Å². The molecule has 2 aliphatic rings. The van der Waals surface area contributed by atoms with Crippen molar-refractivity contribution in [1.29, 1.82) is 0 Å². The summed E-state index contributed by atoms with van der Waals surface area (Å²) in [4.78, 5) is 30.8. The Morgan fingerprint density at radius 2 is 1.94 bits per heavy atom. The summed E-state index contributed by atoms with van der Waals surface area (Å²) in [6.07, 6.45) is 1.16. The van der Waals surface area contributed by atoms with E-state index in [1.165, 1.54) is 0 Å². The molecule has 32 heavy (non-hydrogen) atoms. The Hall–Kier alpha value is -3.14. The predicted octanol–water partition coefficient (Wildman–Crippen LogP) is 3.33. The fourth-order valence-corrected chi connectivity index (χ4v) is 4.04. The molecular formula is C22H26N4O6. The molecule has 0 N–H and O–H groups in total. The number of fused-ring (bicyclic) bond motifs is 1. The quantitative estimate of drug-likeness (QED) is 0.607. The molecular weight excluding hydrogens is 416 g/mol. The minimum absolute atomic E-state index is 0.0185. The number of aromatic nitrogens is 3. The molecule has 2 saturated heterocycles. The van der Waals surface area contributed by atoms with E-state index in [2.05, 4.69) is 10.1 Å². The first-order valence-electron chi connectivity index (χ1n) is 10.8. The van der Waals surface area contributed by atoms with Gasteiger partial charge in [0.15, 0.2) is 5.58 Å². The highest BCUT2D eigenvalue weighted by Gasteiger charge is 2.30. The Labute approximate surface area is 184 Å². The first kappa shape index (κ1) is 20.7. The van der Waals surface area contributed by atoms with E-state index < -0.39 is 11.4 Å². The number of rotatable bonds is 3. The summed E-state index contributed by atoms with van der Waals surface area (Å²) in [5, 5.41) is 4.15. The molecule has 0 saturated carbocycles. The summed E-state index contributed by atoms with van der Waals surface area (Å²) in [6, 6.07) is 5.39. The van der Waals surface area contributed by atoms with E-state index in [0.29, 0.717) is 49.1 Å². The Morgan fingerprint density at radius 1 is 1.19 bits per heavy atom. The Bertz CT molecular complexity index is 1190. The number of hydrogen-bond acceptors (Lipinski definition) is 8. The van der Waals surface area contributed by atoms with Crippen LogP contribution in [0.1, 0.15) is 51.5 Å². The lowest BCUT2D eigenvalue weighted by Crippen LogP contribution is -2.41. The van der Waals surface area contributed by atoms with Crippen molar-refractivity contribution in [2.45, 2.75) is 51.2 Å². The SMILES string of the molecule is CC(C)(C)OC(=O)N1CCC(c2nc(-c3ccc4oc(=O)n(C5COC5)c4c3)no2)CC1. The van der Waals surface area contributed by atoms with E-state index >= 15 is 0 Å². The van der Waals surface area contributed by atoms with Gasteiger partial charge in [0.25, 0.3) is 0 Å². The standard InChI is InChI=1S/C22H26N4O6/c1-22(2,3)31-20(27)25-8-6-13(7-9-25)19-23-18(24-32-19)14-4-5-17-16(10-14)26(21(28)30-17)15-11-29-12-15/h4-5,10,13,15H,6-9,11-12H2,1-3H3. The van der Waals surface area contributed by atoms with E-state index in [1.54, 1.807) is 15.5 Å². The van der Waals surface area contributed by atoms with Crippen molar-refractivity contribution in [3.8, 4) is 11.4 Å². The third-order valence-electron chi connectivity index (χ3n) is 5.79. The monoisotopic (exact) mass is 442 g/mol. The second-order valence-corrected chi connectivity index (χ2v) is 9.31. The van der Waals surface area contributed by atoms with E-state index in [9.17, 15) is 9.59 Å². The van der Waals surface area contributed by atoms with Crippen molar-refractivity contribution in [1.82, 2.24) is 19.6 Å². The number of piperidine rings is 1. The lowest BCUT2D eigenvalue weighted by molar-refractivity contribution is -0.0242. The highest BCUT2D eigenvalue weighted by atomic mass is 16.6. The van der Waals surface area contributed by atoms with Gasteiger partial charge in [-0.05, 0) is 51.8 Å². The first-order valence-corrected chi connectivity index (χ1v) is 10.8. The number of hydrogen-bond donors (Lipinski definition) is 0. The highest BCUT2D eigenvalue weighted by molar-refractivity contribution is 5.79. The number of carbonyl (C=O) groups is 1. The van der Waals surface area contributed by atoms with Crippen LogP contribution in [-0.2, 0) is 9.47 Å². The lowest BCUT2D eigenvalue weighted by atomic mass is 9.97. The largest absolute Gasteiger partial charge is 0.444 e. The Kier molecular flexibility index (Phi) is 5.04. The molecule has 0 bridgehead atoms. The van der Waals surface area contributed by atoms with Gasteiger partial charge in [-0.3, -0.25) is 4.57 Å². The Morgan fingerprint density at radius 3 is 2.59 bits per heavy atom. The van der Waals surface area contributed by atoms with Crippen LogP contribution >= 0.6 is 0 Å². The van der Waals surface area contributed by atoms with Crippen molar-refractivity contribution in [2.24, 2.45) is 0 Å². The summed E-state index contributed by atoms with van der Waals surface area (Å²) in [5.74, 6) is 0.705. The molecule has 170 valence electrons. The minimum Gasteiger partial charge on any atom is -0.444 e. The number of amides is 1. The second-order valence-electron chi connectivity index (χ2n) is 9.31. The number of benzene rings is 1. The molecule has 4 heterocycles. The van der Waals surface area contributed by atoms with E-state index in [-0.39, 0.29) is 18.1 Å². The number of ether oxygens (including phenoxy) is 2. The van der Waals surface area contributed by atoms with Gasteiger partial charge in [-0.2, -0.15) is 4.98 Å². The topological polar surface area (TPSA) is 113 Å². The Balaban J connectivity index is 1.31. The van der Waals surface area contributed by atoms with Crippen LogP contribution in [0.5, 0.6) is 0 Å². The zero-order valence-corrected chi connectivity index (χ0v) is 18.4. The smallest absolute Gasteiger partial charge is 0.420 e. The van der Waals surface area contributed by atoms with Crippen molar-refractivity contribution < 1.29 is 23.2 Å².